The molecule has 0 unspecified atom stereocenters. The van der Waals surface area contributed by atoms with Gasteiger partial charge in [0.1, 0.15) is 11.0 Å². The largest absolute Gasteiger partial charge is 0.307 e. The Morgan fingerprint density at radius 3 is 1.38 bits per heavy atom. The maximum atomic E-state index is 5.24. The zero-order chi connectivity index (χ0) is 31.6. The van der Waals surface area contributed by atoms with Gasteiger partial charge in [0.2, 0.25) is 5.95 Å². The minimum Gasteiger partial charge on any atom is -0.307 e. The van der Waals surface area contributed by atoms with Crippen LogP contribution in [0, 0.1) is 0 Å². The highest BCUT2D eigenvalue weighted by Gasteiger charge is 2.23. The van der Waals surface area contributed by atoms with Crippen LogP contribution in [0.1, 0.15) is 0 Å². The fourth-order valence-electron chi connectivity index (χ4n) is 7.09. The summed E-state index contributed by atoms with van der Waals surface area (Å²) in [5.41, 5.74) is 10.5. The first-order valence-electron chi connectivity index (χ1n) is 16.0. The molecule has 0 aliphatic rings. The van der Waals surface area contributed by atoms with Crippen molar-refractivity contribution in [2.75, 3.05) is 0 Å². The van der Waals surface area contributed by atoms with E-state index in [1.807, 2.05) is 54.9 Å². The van der Waals surface area contributed by atoms with Gasteiger partial charge in [-0.15, -0.1) is 0 Å². The lowest BCUT2D eigenvalue weighted by molar-refractivity contribution is 0.996. The van der Waals surface area contributed by atoms with Crippen molar-refractivity contribution in [2.24, 2.45) is 0 Å². The summed E-state index contributed by atoms with van der Waals surface area (Å²) in [6, 6.07) is 50.0. The van der Waals surface area contributed by atoms with Crippen LogP contribution in [0.3, 0.4) is 0 Å². The van der Waals surface area contributed by atoms with Gasteiger partial charge in [0.05, 0.1) is 33.5 Å². The van der Waals surface area contributed by atoms with Crippen molar-refractivity contribution in [1.82, 2.24) is 29.1 Å². The summed E-state index contributed by atoms with van der Waals surface area (Å²) in [5.74, 6) is 0.583. The summed E-state index contributed by atoms with van der Waals surface area (Å²) < 4.78 is 4.47. The molecule has 0 aliphatic carbocycles. The van der Waals surface area contributed by atoms with Crippen LogP contribution >= 0.6 is 0 Å². The molecule has 10 aromatic rings. The van der Waals surface area contributed by atoms with Crippen molar-refractivity contribution in [3.8, 4) is 34.2 Å². The fourth-order valence-corrected chi connectivity index (χ4v) is 7.09. The second kappa shape index (κ2) is 10.4. The van der Waals surface area contributed by atoms with Gasteiger partial charge in [0.25, 0.3) is 0 Å². The Hall–Kier alpha value is -6.66. The first kappa shape index (κ1) is 26.5. The Balaban J connectivity index is 1.36. The highest BCUT2D eigenvalue weighted by Crippen LogP contribution is 2.40. The Bertz CT molecular complexity index is 2760. The van der Waals surface area contributed by atoms with Gasteiger partial charge in [0, 0.05) is 50.8 Å². The standard InChI is InChI=1S/C42H26N6/c1-4-14-27(15-5-1)34-24-35(28-16-6-2-7-17-28)46-42(45-34)48-37-23-13-11-21-31(37)33-26-43-38-39(41(33)48)44-25-32-30-20-10-12-22-36(30)47(40(32)38)29-18-8-3-9-19-29/h1-26H. The van der Waals surface area contributed by atoms with Gasteiger partial charge in [-0.05, 0) is 30.3 Å². The van der Waals surface area contributed by atoms with Crippen LogP contribution in [0.2, 0.25) is 0 Å². The lowest BCUT2D eigenvalue weighted by Gasteiger charge is -2.13. The van der Waals surface area contributed by atoms with Crippen molar-refractivity contribution in [3.63, 3.8) is 0 Å². The normalized spacial score (nSPS) is 11.8. The molecule has 0 aliphatic heterocycles. The molecule has 0 amide bonds. The molecule has 0 fully saturated rings. The Labute approximate surface area is 275 Å². The topological polar surface area (TPSA) is 61.4 Å². The van der Waals surface area contributed by atoms with Gasteiger partial charge in [-0.3, -0.25) is 14.5 Å². The minimum absolute atomic E-state index is 0.583. The second-order valence-corrected chi connectivity index (χ2v) is 11.9. The average Bonchev–Trinajstić information content (AvgIpc) is 3.69. The molecule has 0 bridgehead atoms. The number of benzene rings is 5. The van der Waals surface area contributed by atoms with E-state index in [1.165, 1.54) is 0 Å². The molecule has 0 N–H and O–H groups in total. The predicted molar refractivity (Wildman–Crippen MR) is 195 cm³/mol. The third kappa shape index (κ3) is 3.93. The third-order valence-electron chi connectivity index (χ3n) is 9.21. The van der Waals surface area contributed by atoms with Crippen molar-refractivity contribution in [2.45, 2.75) is 0 Å². The van der Waals surface area contributed by atoms with Crippen molar-refractivity contribution in [3.05, 3.63) is 158 Å². The average molecular weight is 615 g/mol. The molecular weight excluding hydrogens is 589 g/mol. The Kier molecular flexibility index (Phi) is 5.77. The number of pyridine rings is 2. The van der Waals surface area contributed by atoms with E-state index in [-0.39, 0.29) is 0 Å². The first-order chi connectivity index (χ1) is 23.8. The van der Waals surface area contributed by atoms with Crippen LogP contribution in [0.25, 0.3) is 88.8 Å². The van der Waals surface area contributed by atoms with E-state index in [0.717, 1.165) is 82.8 Å². The van der Waals surface area contributed by atoms with E-state index in [4.69, 9.17) is 19.9 Å². The van der Waals surface area contributed by atoms with Crippen molar-refractivity contribution in [1.29, 1.82) is 0 Å². The maximum absolute atomic E-state index is 5.24. The summed E-state index contributed by atoms with van der Waals surface area (Å²) in [4.78, 5) is 20.8. The molecule has 6 nitrogen and oxygen atoms in total. The highest BCUT2D eigenvalue weighted by atomic mass is 15.2. The van der Waals surface area contributed by atoms with E-state index in [9.17, 15) is 0 Å². The molecule has 224 valence electrons. The Morgan fingerprint density at radius 2 is 0.833 bits per heavy atom. The van der Waals surface area contributed by atoms with E-state index < -0.39 is 0 Å². The van der Waals surface area contributed by atoms with E-state index >= 15 is 0 Å². The first-order valence-corrected chi connectivity index (χ1v) is 16.0. The molecule has 5 heterocycles. The van der Waals surface area contributed by atoms with Crippen LogP contribution < -0.4 is 0 Å². The molecule has 0 saturated carbocycles. The lowest BCUT2D eigenvalue weighted by atomic mass is 10.1. The van der Waals surface area contributed by atoms with Gasteiger partial charge in [-0.25, -0.2) is 9.97 Å². The van der Waals surface area contributed by atoms with Crippen LogP contribution in [-0.2, 0) is 0 Å². The minimum atomic E-state index is 0.583. The molecule has 5 aromatic heterocycles. The van der Waals surface area contributed by atoms with Gasteiger partial charge in [-0.2, -0.15) is 0 Å². The smallest absolute Gasteiger partial charge is 0.235 e. The van der Waals surface area contributed by atoms with E-state index in [0.29, 0.717) is 5.95 Å². The van der Waals surface area contributed by atoms with Gasteiger partial charge < -0.3 is 4.57 Å². The molecule has 5 aromatic carbocycles. The predicted octanol–water partition coefficient (Wildman–Crippen LogP) is 9.95. The van der Waals surface area contributed by atoms with Crippen LogP contribution in [0.5, 0.6) is 0 Å². The molecule has 10 rings (SSSR count). The molecule has 48 heavy (non-hydrogen) atoms. The summed E-state index contributed by atoms with van der Waals surface area (Å²) in [5, 5.41) is 4.27. The quantitative estimate of drug-likeness (QED) is 0.198. The van der Waals surface area contributed by atoms with Crippen LogP contribution in [-0.4, -0.2) is 29.1 Å². The van der Waals surface area contributed by atoms with Crippen LogP contribution in [0.15, 0.2) is 158 Å². The summed E-state index contributed by atoms with van der Waals surface area (Å²) in [6.07, 6.45) is 3.99. The molecule has 0 radical (unpaired) electrons. The number of nitrogens with zero attached hydrogens (tertiary/aromatic N) is 6. The molecular formula is C42H26N6. The second-order valence-electron chi connectivity index (χ2n) is 11.9. The van der Waals surface area contributed by atoms with E-state index in [1.54, 1.807) is 0 Å². The molecule has 0 saturated heterocycles. The Morgan fingerprint density at radius 1 is 0.396 bits per heavy atom. The SMILES string of the molecule is c1ccc(-c2cc(-c3ccccc3)nc(-n3c4ccccc4c4cnc5c(ncc6c7ccccc7n(-c7ccccc7)c65)c43)n2)cc1. The number of aromatic nitrogens is 6. The fraction of sp³-hybridized carbons (Fsp3) is 0. The lowest BCUT2D eigenvalue weighted by Crippen LogP contribution is -2.05. The monoisotopic (exact) mass is 614 g/mol. The van der Waals surface area contributed by atoms with Crippen molar-refractivity contribution >= 4 is 54.6 Å². The van der Waals surface area contributed by atoms with Gasteiger partial charge >= 0.3 is 0 Å². The van der Waals surface area contributed by atoms with Gasteiger partial charge in [0.15, 0.2) is 0 Å². The third-order valence-corrected chi connectivity index (χ3v) is 9.21. The molecule has 0 atom stereocenters. The number of hydrogen-bond acceptors (Lipinski definition) is 4. The van der Waals surface area contributed by atoms with E-state index in [2.05, 4.69) is 112 Å². The van der Waals surface area contributed by atoms with Gasteiger partial charge in [-0.1, -0.05) is 115 Å². The number of fused-ring (bicyclic) bond motifs is 9. The van der Waals surface area contributed by atoms with Crippen LogP contribution in [0.4, 0.5) is 0 Å². The number of para-hydroxylation sites is 3. The molecule has 0 spiro atoms. The summed E-state index contributed by atoms with van der Waals surface area (Å²) in [7, 11) is 0. The highest BCUT2D eigenvalue weighted by molar-refractivity contribution is 6.23. The number of rotatable bonds is 4. The van der Waals surface area contributed by atoms with Crippen molar-refractivity contribution < 1.29 is 0 Å². The number of hydrogen-bond donors (Lipinski definition) is 0. The summed E-state index contributed by atoms with van der Waals surface area (Å²) >= 11 is 0. The zero-order valence-electron chi connectivity index (χ0n) is 25.7. The maximum Gasteiger partial charge on any atom is 0.235 e. The summed E-state index contributed by atoms with van der Waals surface area (Å²) in [6.45, 7) is 0. The molecule has 6 heteroatoms. The zero-order valence-corrected chi connectivity index (χ0v) is 25.7.